The van der Waals surface area contributed by atoms with Crippen molar-refractivity contribution in [2.75, 3.05) is 7.05 Å². The second-order valence-corrected chi connectivity index (χ2v) is 6.18. The Morgan fingerprint density at radius 1 is 1.15 bits per heavy atom. The Hall–Kier alpha value is -3.15. The van der Waals surface area contributed by atoms with Crippen LogP contribution in [-0.4, -0.2) is 32.5 Å². The van der Waals surface area contributed by atoms with Crippen LogP contribution >= 0.6 is 0 Å². The fourth-order valence-electron chi connectivity index (χ4n) is 2.75. The van der Waals surface area contributed by atoms with E-state index < -0.39 is 0 Å². The second-order valence-electron chi connectivity index (χ2n) is 6.18. The number of urea groups is 1. The monoisotopic (exact) mass is 349 g/mol. The Labute approximate surface area is 153 Å². The van der Waals surface area contributed by atoms with Crippen LogP contribution in [0.4, 0.5) is 4.79 Å². The third-order valence-electron chi connectivity index (χ3n) is 4.48. The van der Waals surface area contributed by atoms with E-state index in [4.69, 9.17) is 0 Å². The van der Waals surface area contributed by atoms with Crippen molar-refractivity contribution in [1.29, 1.82) is 0 Å². The Morgan fingerprint density at radius 3 is 2.62 bits per heavy atom. The molecule has 1 aromatic carbocycles. The van der Waals surface area contributed by atoms with Crippen LogP contribution in [0.5, 0.6) is 0 Å². The van der Waals surface area contributed by atoms with Crippen molar-refractivity contribution in [1.82, 2.24) is 24.8 Å². The number of benzene rings is 1. The van der Waals surface area contributed by atoms with E-state index in [-0.39, 0.29) is 12.1 Å². The molecule has 0 saturated carbocycles. The van der Waals surface area contributed by atoms with Crippen LogP contribution < -0.4 is 5.32 Å². The van der Waals surface area contributed by atoms with Crippen molar-refractivity contribution >= 4 is 6.03 Å². The highest BCUT2D eigenvalue weighted by molar-refractivity contribution is 5.74. The minimum Gasteiger partial charge on any atom is -0.331 e. The molecular weight excluding hydrogens is 326 g/mol. The number of carbonyl (C=O) groups is 1. The molecule has 0 unspecified atom stereocenters. The Bertz CT molecular complexity index is 832. The van der Waals surface area contributed by atoms with Gasteiger partial charge in [-0.2, -0.15) is 0 Å². The highest BCUT2D eigenvalue weighted by atomic mass is 16.2. The zero-order valence-electron chi connectivity index (χ0n) is 15.0. The third-order valence-corrected chi connectivity index (χ3v) is 4.48. The molecule has 1 atom stereocenters. The summed E-state index contributed by atoms with van der Waals surface area (Å²) in [6.07, 6.45) is 7.15. The zero-order chi connectivity index (χ0) is 18.4. The molecule has 0 bridgehead atoms. The van der Waals surface area contributed by atoms with E-state index in [1.165, 1.54) is 5.56 Å². The van der Waals surface area contributed by atoms with E-state index in [9.17, 15) is 4.79 Å². The molecule has 2 amide bonds. The van der Waals surface area contributed by atoms with Gasteiger partial charge in [-0.1, -0.05) is 30.3 Å². The number of pyridine rings is 1. The van der Waals surface area contributed by atoms with Gasteiger partial charge in [-0.05, 0) is 30.2 Å². The molecule has 6 nitrogen and oxygen atoms in total. The van der Waals surface area contributed by atoms with Gasteiger partial charge in [-0.15, -0.1) is 0 Å². The van der Waals surface area contributed by atoms with E-state index in [2.05, 4.69) is 27.4 Å². The van der Waals surface area contributed by atoms with Gasteiger partial charge in [0.1, 0.15) is 5.82 Å². The van der Waals surface area contributed by atoms with Gasteiger partial charge in [0.2, 0.25) is 0 Å². The maximum absolute atomic E-state index is 12.5. The van der Waals surface area contributed by atoms with Gasteiger partial charge in [-0.25, -0.2) is 9.78 Å². The number of carbonyl (C=O) groups excluding carboxylic acids is 1. The van der Waals surface area contributed by atoms with Crippen molar-refractivity contribution in [3.8, 4) is 0 Å². The summed E-state index contributed by atoms with van der Waals surface area (Å²) in [4.78, 5) is 22.5. The largest absolute Gasteiger partial charge is 0.331 e. The van der Waals surface area contributed by atoms with Gasteiger partial charge in [0.05, 0.1) is 12.6 Å². The first-order valence-corrected chi connectivity index (χ1v) is 8.59. The molecule has 0 spiro atoms. The van der Waals surface area contributed by atoms with E-state index in [1.54, 1.807) is 30.5 Å². The number of nitrogens with one attached hydrogen (secondary N) is 1. The molecule has 0 radical (unpaired) electrons. The van der Waals surface area contributed by atoms with Crippen LogP contribution in [0.1, 0.15) is 29.9 Å². The Kier molecular flexibility index (Phi) is 5.63. The lowest BCUT2D eigenvalue weighted by atomic mass is 10.1. The van der Waals surface area contributed by atoms with Crippen molar-refractivity contribution in [3.63, 3.8) is 0 Å². The van der Waals surface area contributed by atoms with Crippen molar-refractivity contribution in [3.05, 3.63) is 84.2 Å². The van der Waals surface area contributed by atoms with Crippen molar-refractivity contribution in [2.45, 2.75) is 26.1 Å². The molecule has 26 heavy (non-hydrogen) atoms. The summed E-state index contributed by atoms with van der Waals surface area (Å²) < 4.78 is 2.04. The maximum Gasteiger partial charge on any atom is 0.318 e. The molecule has 0 saturated heterocycles. The van der Waals surface area contributed by atoms with E-state index >= 15 is 0 Å². The normalized spacial score (nSPS) is 11.8. The first-order valence-electron chi connectivity index (χ1n) is 8.59. The lowest BCUT2D eigenvalue weighted by Gasteiger charge is -2.25. The summed E-state index contributed by atoms with van der Waals surface area (Å²) in [5.41, 5.74) is 2.24. The summed E-state index contributed by atoms with van der Waals surface area (Å²) in [6, 6.07) is 13.8. The van der Waals surface area contributed by atoms with Crippen LogP contribution in [0.25, 0.3) is 0 Å². The first kappa shape index (κ1) is 17.7. The topological polar surface area (TPSA) is 63.1 Å². The molecule has 2 aromatic heterocycles. The third kappa shape index (κ3) is 4.27. The second kappa shape index (κ2) is 8.29. The number of aromatic nitrogens is 3. The van der Waals surface area contributed by atoms with Crippen molar-refractivity contribution in [2.24, 2.45) is 0 Å². The molecule has 0 aliphatic rings. The highest BCUT2D eigenvalue weighted by Gasteiger charge is 2.17. The summed E-state index contributed by atoms with van der Waals surface area (Å²) in [5, 5.41) is 2.95. The minimum absolute atomic E-state index is 0.0398. The van der Waals surface area contributed by atoms with Crippen LogP contribution in [0.2, 0.25) is 0 Å². The lowest BCUT2D eigenvalue weighted by Crippen LogP contribution is -2.38. The molecule has 3 rings (SSSR count). The molecule has 2 heterocycles. The lowest BCUT2D eigenvalue weighted by molar-refractivity contribution is 0.193. The van der Waals surface area contributed by atoms with Crippen LogP contribution in [0.3, 0.4) is 0 Å². The number of hydrogen-bond acceptors (Lipinski definition) is 3. The molecule has 134 valence electrons. The van der Waals surface area contributed by atoms with Gasteiger partial charge in [0.15, 0.2) is 0 Å². The Balaban J connectivity index is 1.59. The number of nitrogens with zero attached hydrogens (tertiary/aromatic N) is 4. The van der Waals surface area contributed by atoms with Crippen LogP contribution in [0.15, 0.2) is 67.3 Å². The smallest absolute Gasteiger partial charge is 0.318 e. The molecule has 0 aliphatic heterocycles. The van der Waals surface area contributed by atoms with Gasteiger partial charge in [-0.3, -0.25) is 4.98 Å². The number of rotatable bonds is 6. The zero-order valence-corrected chi connectivity index (χ0v) is 15.0. The highest BCUT2D eigenvalue weighted by Crippen LogP contribution is 2.17. The van der Waals surface area contributed by atoms with E-state index in [0.717, 1.165) is 17.9 Å². The predicted octanol–water partition coefficient (Wildman–Crippen LogP) is 3.23. The quantitative estimate of drug-likeness (QED) is 0.743. The SMILES string of the molecule is C[C@@H](c1ccncc1)N(C)C(=O)NCc1nccn1Cc1ccccc1. The molecule has 0 aliphatic carbocycles. The van der Waals surface area contributed by atoms with E-state index in [0.29, 0.717) is 6.54 Å². The van der Waals surface area contributed by atoms with Gasteiger partial charge >= 0.3 is 6.03 Å². The summed E-state index contributed by atoms with van der Waals surface area (Å²) in [7, 11) is 1.79. The molecular formula is C20H23N5O. The maximum atomic E-state index is 12.5. The average molecular weight is 349 g/mol. The number of imidazole rings is 1. The predicted molar refractivity (Wildman–Crippen MR) is 100 cm³/mol. The van der Waals surface area contributed by atoms with Gasteiger partial charge in [0.25, 0.3) is 0 Å². The fraction of sp³-hybridized carbons (Fsp3) is 0.250. The van der Waals surface area contributed by atoms with E-state index in [1.807, 2.05) is 48.0 Å². The Morgan fingerprint density at radius 2 is 1.88 bits per heavy atom. The molecule has 1 N–H and O–H groups in total. The summed E-state index contributed by atoms with van der Waals surface area (Å²) in [5.74, 6) is 0.826. The summed E-state index contributed by atoms with van der Waals surface area (Å²) in [6.45, 7) is 3.10. The van der Waals surface area contributed by atoms with Crippen LogP contribution in [0, 0.1) is 0 Å². The van der Waals surface area contributed by atoms with Gasteiger partial charge in [0, 0.05) is 38.4 Å². The van der Waals surface area contributed by atoms with Crippen LogP contribution in [-0.2, 0) is 13.1 Å². The molecule has 3 aromatic rings. The van der Waals surface area contributed by atoms with Crippen molar-refractivity contribution < 1.29 is 4.79 Å². The standard InChI is InChI=1S/C20H23N5O/c1-16(18-8-10-21-11-9-18)24(2)20(26)23-14-19-22-12-13-25(19)15-17-6-4-3-5-7-17/h3-13,16H,14-15H2,1-2H3,(H,23,26)/t16-/m0/s1. The number of amides is 2. The minimum atomic E-state index is -0.136. The fourth-order valence-corrected chi connectivity index (χ4v) is 2.75. The van der Waals surface area contributed by atoms with Gasteiger partial charge < -0.3 is 14.8 Å². The average Bonchev–Trinajstić information content (AvgIpc) is 3.13. The first-order chi connectivity index (χ1) is 12.6. The molecule has 6 heteroatoms. The molecule has 0 fully saturated rings. The summed E-state index contributed by atoms with van der Waals surface area (Å²) >= 11 is 0. The number of hydrogen-bond donors (Lipinski definition) is 1.